The van der Waals surface area contributed by atoms with Crippen LogP contribution in [0.15, 0.2) is 73.1 Å². The molecule has 3 aromatic rings. The van der Waals surface area contributed by atoms with E-state index in [1.165, 1.54) is 0 Å². The number of ether oxygens (including phenoxy) is 1. The second kappa shape index (κ2) is 10.5. The highest BCUT2D eigenvalue weighted by Crippen LogP contribution is 2.18. The third kappa shape index (κ3) is 6.35. The van der Waals surface area contributed by atoms with Gasteiger partial charge in [-0.15, -0.1) is 0 Å². The molecule has 7 heteroatoms. The number of carbonyl (C=O) groups excluding carboxylic acids is 2. The van der Waals surface area contributed by atoms with E-state index in [1.807, 2.05) is 0 Å². The predicted octanol–water partition coefficient (Wildman–Crippen LogP) is 3.25. The first kappa shape index (κ1) is 21.4. The Labute approximate surface area is 169 Å². The fourth-order valence-electron chi connectivity index (χ4n) is 2.41. The molecule has 1 aromatic heterocycles. The van der Waals surface area contributed by atoms with E-state index >= 15 is 0 Å². The van der Waals surface area contributed by atoms with Gasteiger partial charge in [0.2, 0.25) is 0 Å². The Kier molecular flexibility index (Phi) is 7.73. The van der Waals surface area contributed by atoms with Crippen LogP contribution in [0.3, 0.4) is 0 Å². The number of amides is 2. The molecule has 2 aromatic carbocycles. The zero-order chi connectivity index (χ0) is 19.8. The number of anilines is 2. The molecule has 0 saturated carbocycles. The van der Waals surface area contributed by atoms with Gasteiger partial charge in [0.15, 0.2) is 6.61 Å². The standard InChI is InChI=1S/C21H20N4O3.CH4/c22-18-5-1-2-6-19(18)25-21(27)16-9-7-15(8-10-16)12-24-20(26)14-28-17-4-3-11-23-13-17;/h1-11,13H,12,14,22H2,(H,24,26)(H,25,27);1H4. The van der Waals surface area contributed by atoms with Gasteiger partial charge in [-0.05, 0) is 42.0 Å². The number of rotatable bonds is 7. The van der Waals surface area contributed by atoms with Gasteiger partial charge in [-0.3, -0.25) is 14.6 Å². The number of nitrogen functional groups attached to an aromatic ring is 1. The van der Waals surface area contributed by atoms with Gasteiger partial charge in [0.25, 0.3) is 11.8 Å². The molecule has 150 valence electrons. The van der Waals surface area contributed by atoms with Gasteiger partial charge < -0.3 is 21.1 Å². The van der Waals surface area contributed by atoms with Crippen LogP contribution in [0.1, 0.15) is 23.3 Å². The number of pyridine rings is 1. The van der Waals surface area contributed by atoms with Gasteiger partial charge in [0.1, 0.15) is 5.75 Å². The minimum atomic E-state index is -0.252. The van der Waals surface area contributed by atoms with Crippen LogP contribution in [0.4, 0.5) is 11.4 Å². The number of nitrogens with two attached hydrogens (primary N) is 1. The largest absolute Gasteiger partial charge is 0.482 e. The Morgan fingerprint density at radius 2 is 1.76 bits per heavy atom. The summed E-state index contributed by atoms with van der Waals surface area (Å²) in [6.07, 6.45) is 3.17. The minimum absolute atomic E-state index is 0. The van der Waals surface area contributed by atoms with Crippen molar-refractivity contribution in [3.8, 4) is 5.75 Å². The van der Waals surface area contributed by atoms with Gasteiger partial charge >= 0.3 is 0 Å². The van der Waals surface area contributed by atoms with Crippen molar-refractivity contribution in [1.82, 2.24) is 10.3 Å². The number of nitrogens with zero attached hydrogens (tertiary/aromatic N) is 1. The molecule has 29 heavy (non-hydrogen) atoms. The summed E-state index contributed by atoms with van der Waals surface area (Å²) < 4.78 is 5.34. The summed E-state index contributed by atoms with van der Waals surface area (Å²) in [7, 11) is 0. The molecule has 0 saturated heterocycles. The summed E-state index contributed by atoms with van der Waals surface area (Å²) in [4.78, 5) is 28.1. The normalized spacial score (nSPS) is 9.79. The number of aromatic nitrogens is 1. The first-order chi connectivity index (χ1) is 13.6. The molecule has 0 bridgehead atoms. The summed E-state index contributed by atoms with van der Waals surface area (Å²) in [6, 6.07) is 17.5. The Hall–Kier alpha value is -3.87. The topological polar surface area (TPSA) is 106 Å². The summed E-state index contributed by atoms with van der Waals surface area (Å²) >= 11 is 0. The van der Waals surface area contributed by atoms with Crippen LogP contribution in [0.5, 0.6) is 5.75 Å². The highest BCUT2D eigenvalue weighted by atomic mass is 16.5. The van der Waals surface area contributed by atoms with Crippen LogP contribution in [0, 0.1) is 0 Å². The smallest absolute Gasteiger partial charge is 0.258 e. The number of hydrogen-bond acceptors (Lipinski definition) is 5. The van der Waals surface area contributed by atoms with Crippen LogP contribution in [0.2, 0.25) is 0 Å². The van der Waals surface area contributed by atoms with E-state index in [1.54, 1.807) is 73.1 Å². The van der Waals surface area contributed by atoms with Crippen molar-refractivity contribution in [2.45, 2.75) is 14.0 Å². The van der Waals surface area contributed by atoms with Crippen LogP contribution >= 0.6 is 0 Å². The molecule has 0 spiro atoms. The highest BCUT2D eigenvalue weighted by Gasteiger charge is 2.08. The van der Waals surface area contributed by atoms with Crippen molar-refractivity contribution in [3.05, 3.63) is 84.2 Å². The van der Waals surface area contributed by atoms with Crippen LogP contribution in [-0.4, -0.2) is 23.4 Å². The van der Waals surface area contributed by atoms with E-state index in [0.29, 0.717) is 29.2 Å². The van der Waals surface area contributed by atoms with E-state index in [4.69, 9.17) is 10.5 Å². The average Bonchev–Trinajstić information content (AvgIpc) is 2.73. The van der Waals surface area contributed by atoms with Crippen molar-refractivity contribution < 1.29 is 14.3 Å². The Balaban J connectivity index is 0.00000300. The van der Waals surface area contributed by atoms with Crippen LogP contribution < -0.4 is 21.1 Å². The molecule has 0 radical (unpaired) electrons. The molecule has 0 atom stereocenters. The summed E-state index contributed by atoms with van der Waals surface area (Å²) in [5.74, 6) is 0.0376. The molecule has 0 fully saturated rings. The summed E-state index contributed by atoms with van der Waals surface area (Å²) in [5.41, 5.74) is 8.27. The molecule has 1 heterocycles. The number of hydrogen-bond donors (Lipinski definition) is 3. The molecule has 0 aliphatic heterocycles. The molecule has 0 aliphatic carbocycles. The first-order valence-corrected chi connectivity index (χ1v) is 8.66. The first-order valence-electron chi connectivity index (χ1n) is 8.66. The second-order valence-electron chi connectivity index (χ2n) is 5.99. The maximum absolute atomic E-state index is 12.3. The number of para-hydroxylation sites is 2. The van der Waals surface area contributed by atoms with Crippen molar-refractivity contribution >= 4 is 23.2 Å². The monoisotopic (exact) mass is 392 g/mol. The fourth-order valence-corrected chi connectivity index (χ4v) is 2.41. The minimum Gasteiger partial charge on any atom is -0.482 e. The van der Waals surface area contributed by atoms with E-state index in [9.17, 15) is 9.59 Å². The maximum atomic E-state index is 12.3. The van der Waals surface area contributed by atoms with E-state index in [2.05, 4.69) is 15.6 Å². The summed E-state index contributed by atoms with van der Waals surface area (Å²) in [6.45, 7) is 0.243. The second-order valence-corrected chi connectivity index (χ2v) is 5.99. The SMILES string of the molecule is C.Nc1ccccc1NC(=O)c1ccc(CNC(=O)COc2cccnc2)cc1. The molecule has 4 N–H and O–H groups in total. The van der Waals surface area contributed by atoms with E-state index in [-0.39, 0.29) is 25.8 Å². The maximum Gasteiger partial charge on any atom is 0.258 e. The van der Waals surface area contributed by atoms with Crippen molar-refractivity contribution in [2.75, 3.05) is 17.7 Å². The third-order valence-electron chi connectivity index (χ3n) is 3.92. The Bertz CT molecular complexity index is 944. The third-order valence-corrected chi connectivity index (χ3v) is 3.92. The van der Waals surface area contributed by atoms with Gasteiger partial charge in [0, 0.05) is 18.3 Å². The predicted molar refractivity (Wildman–Crippen MR) is 114 cm³/mol. The molecule has 0 unspecified atom stereocenters. The summed E-state index contributed by atoms with van der Waals surface area (Å²) in [5, 5.41) is 5.54. The Morgan fingerprint density at radius 1 is 1.00 bits per heavy atom. The van der Waals surface area contributed by atoms with Crippen molar-refractivity contribution in [3.63, 3.8) is 0 Å². The lowest BCUT2D eigenvalue weighted by Crippen LogP contribution is -2.28. The van der Waals surface area contributed by atoms with Gasteiger partial charge in [0.05, 0.1) is 17.6 Å². The van der Waals surface area contributed by atoms with E-state index < -0.39 is 0 Å². The van der Waals surface area contributed by atoms with E-state index in [0.717, 1.165) is 5.56 Å². The molecule has 3 rings (SSSR count). The van der Waals surface area contributed by atoms with Gasteiger partial charge in [-0.2, -0.15) is 0 Å². The van der Waals surface area contributed by atoms with Crippen molar-refractivity contribution in [2.24, 2.45) is 0 Å². The molecule has 2 amide bonds. The molecule has 0 aliphatic rings. The number of nitrogens with one attached hydrogen (secondary N) is 2. The van der Waals surface area contributed by atoms with Crippen molar-refractivity contribution in [1.29, 1.82) is 0 Å². The van der Waals surface area contributed by atoms with Gasteiger partial charge in [-0.25, -0.2) is 0 Å². The lowest BCUT2D eigenvalue weighted by Gasteiger charge is -2.09. The quantitative estimate of drug-likeness (QED) is 0.535. The number of benzene rings is 2. The Morgan fingerprint density at radius 3 is 2.45 bits per heavy atom. The lowest BCUT2D eigenvalue weighted by molar-refractivity contribution is -0.123. The average molecular weight is 392 g/mol. The molecular formula is C22H24N4O3. The molecular weight excluding hydrogens is 368 g/mol. The zero-order valence-corrected chi connectivity index (χ0v) is 15.1. The fraction of sp³-hybridized carbons (Fsp3) is 0.136. The van der Waals surface area contributed by atoms with Gasteiger partial charge in [-0.1, -0.05) is 31.7 Å². The zero-order valence-electron chi connectivity index (χ0n) is 15.1. The molecule has 7 nitrogen and oxygen atoms in total. The van der Waals surface area contributed by atoms with Crippen LogP contribution in [0.25, 0.3) is 0 Å². The lowest BCUT2D eigenvalue weighted by atomic mass is 10.1. The van der Waals surface area contributed by atoms with Crippen LogP contribution in [-0.2, 0) is 11.3 Å². The number of carbonyl (C=O) groups is 2. The highest BCUT2D eigenvalue weighted by molar-refractivity contribution is 6.05.